The summed E-state index contributed by atoms with van der Waals surface area (Å²) in [5.41, 5.74) is 0.110. The second kappa shape index (κ2) is 9.41. The van der Waals surface area contributed by atoms with Crippen LogP contribution in [0.2, 0.25) is 0 Å². The first-order valence-corrected chi connectivity index (χ1v) is 11.5. The number of Topliss-reactive ketones (excluding diaryl/α,β-unsaturated/α-hetero) is 1. The molecule has 7 atom stereocenters. The lowest BCUT2D eigenvalue weighted by Gasteiger charge is -2.56. The number of carbonyl (C=O) groups is 3. The fourth-order valence-electron chi connectivity index (χ4n) is 6.36. The van der Waals surface area contributed by atoms with E-state index in [2.05, 4.69) is 0 Å². The summed E-state index contributed by atoms with van der Waals surface area (Å²) in [6.45, 7) is 6.21. The van der Waals surface area contributed by atoms with Gasteiger partial charge in [-0.25, -0.2) is 4.79 Å². The molecule has 3 aliphatic carbocycles. The van der Waals surface area contributed by atoms with Gasteiger partial charge in [0.25, 0.3) is 0 Å². The molecule has 0 unspecified atom stereocenters. The molecule has 0 spiro atoms. The highest BCUT2D eigenvalue weighted by Crippen LogP contribution is 2.56. The summed E-state index contributed by atoms with van der Waals surface area (Å²) in [6, 6.07) is 0. The highest BCUT2D eigenvalue weighted by atomic mass is 16.6. The fraction of sp³-hybridized carbons (Fsp3) is 0.792. The Morgan fingerprint density at radius 1 is 1.26 bits per heavy atom. The highest BCUT2D eigenvalue weighted by molar-refractivity contribution is 5.88. The van der Waals surface area contributed by atoms with Crippen molar-refractivity contribution < 1.29 is 29.0 Å². The molecule has 31 heavy (non-hydrogen) atoms. The number of ether oxygens (including phenoxy) is 2. The standard InChI is InChI=1S/C24H37NO6/c1-14-16(13-19(27)30-12-11-25(4)5)8-9-17-18-7-6-10-24(3,31-15(2)26)21(18)23(29)22(28)20(14)17/h13-14,17-18,20-21,23,29H,6-12H2,1-5H3/b16-13+/t14-,17-,18+,20-,21-,23+,24-/m0/s1. The van der Waals surface area contributed by atoms with E-state index in [0.717, 1.165) is 31.3 Å². The van der Waals surface area contributed by atoms with Crippen molar-refractivity contribution in [3.05, 3.63) is 11.6 Å². The van der Waals surface area contributed by atoms with Crippen LogP contribution in [0, 0.1) is 29.6 Å². The van der Waals surface area contributed by atoms with Gasteiger partial charge in [0, 0.05) is 31.4 Å². The highest BCUT2D eigenvalue weighted by Gasteiger charge is 2.60. The first-order valence-electron chi connectivity index (χ1n) is 11.5. The van der Waals surface area contributed by atoms with Crippen LogP contribution in [0.15, 0.2) is 11.6 Å². The van der Waals surface area contributed by atoms with E-state index in [1.807, 2.05) is 32.8 Å². The minimum atomic E-state index is -1.15. The quantitative estimate of drug-likeness (QED) is 0.523. The number of ketones is 1. The predicted octanol–water partition coefficient (Wildman–Crippen LogP) is 2.36. The van der Waals surface area contributed by atoms with Gasteiger partial charge in [0.2, 0.25) is 0 Å². The van der Waals surface area contributed by atoms with Crippen molar-refractivity contribution in [1.29, 1.82) is 0 Å². The number of rotatable bonds is 5. The summed E-state index contributed by atoms with van der Waals surface area (Å²) in [7, 11) is 3.83. The Morgan fingerprint density at radius 3 is 2.61 bits per heavy atom. The van der Waals surface area contributed by atoms with Crippen LogP contribution in [0.1, 0.15) is 52.9 Å². The summed E-state index contributed by atoms with van der Waals surface area (Å²) < 4.78 is 11.0. The zero-order valence-electron chi connectivity index (χ0n) is 19.4. The number of hydrogen-bond acceptors (Lipinski definition) is 7. The molecule has 0 amide bonds. The van der Waals surface area contributed by atoms with E-state index in [1.165, 1.54) is 6.92 Å². The van der Waals surface area contributed by atoms with E-state index in [-0.39, 0.29) is 47.3 Å². The van der Waals surface area contributed by atoms with E-state index in [9.17, 15) is 19.5 Å². The molecule has 0 saturated heterocycles. The average molecular weight is 436 g/mol. The Morgan fingerprint density at radius 2 is 1.97 bits per heavy atom. The molecule has 0 radical (unpaired) electrons. The van der Waals surface area contributed by atoms with Gasteiger partial charge >= 0.3 is 11.9 Å². The van der Waals surface area contributed by atoms with Gasteiger partial charge in [-0.15, -0.1) is 0 Å². The minimum Gasteiger partial charge on any atom is -0.461 e. The van der Waals surface area contributed by atoms with Crippen molar-refractivity contribution in [2.45, 2.75) is 64.6 Å². The van der Waals surface area contributed by atoms with E-state index in [0.29, 0.717) is 19.6 Å². The molecule has 0 aliphatic heterocycles. The Hall–Kier alpha value is -1.73. The third kappa shape index (κ3) is 4.87. The van der Waals surface area contributed by atoms with Crippen LogP contribution in [0.3, 0.4) is 0 Å². The Labute approximate surface area is 185 Å². The molecule has 3 rings (SSSR count). The van der Waals surface area contributed by atoms with Crippen molar-refractivity contribution in [2.24, 2.45) is 29.6 Å². The minimum absolute atomic E-state index is 0.120. The van der Waals surface area contributed by atoms with Gasteiger partial charge < -0.3 is 19.5 Å². The zero-order chi connectivity index (χ0) is 22.9. The number of aliphatic hydroxyl groups is 1. The first kappa shape index (κ1) is 23.9. The molecule has 7 nitrogen and oxygen atoms in total. The molecule has 174 valence electrons. The van der Waals surface area contributed by atoms with Crippen LogP contribution in [-0.4, -0.2) is 66.7 Å². The molecule has 0 bridgehead atoms. The summed E-state index contributed by atoms with van der Waals surface area (Å²) in [5, 5.41) is 11.1. The molecule has 3 fully saturated rings. The predicted molar refractivity (Wildman–Crippen MR) is 115 cm³/mol. The molecule has 0 aromatic rings. The Balaban J connectivity index is 1.79. The van der Waals surface area contributed by atoms with Crippen LogP contribution < -0.4 is 0 Å². The van der Waals surface area contributed by atoms with Gasteiger partial charge in [0.15, 0.2) is 5.78 Å². The van der Waals surface area contributed by atoms with Gasteiger partial charge in [-0.05, 0) is 70.9 Å². The Kier molecular flexibility index (Phi) is 7.26. The number of fused-ring (bicyclic) bond motifs is 3. The topological polar surface area (TPSA) is 93.1 Å². The first-order chi connectivity index (χ1) is 14.5. The average Bonchev–Trinajstić information content (AvgIpc) is 2.66. The number of allylic oxidation sites excluding steroid dienone is 1. The smallest absolute Gasteiger partial charge is 0.330 e. The molecule has 7 heteroatoms. The van der Waals surface area contributed by atoms with E-state index < -0.39 is 11.7 Å². The number of aliphatic hydroxyl groups excluding tert-OH is 1. The zero-order valence-corrected chi connectivity index (χ0v) is 19.4. The lowest BCUT2D eigenvalue weighted by atomic mass is 9.50. The maximum absolute atomic E-state index is 13.3. The molecular weight excluding hydrogens is 398 g/mol. The lowest BCUT2D eigenvalue weighted by molar-refractivity contribution is -0.197. The van der Waals surface area contributed by atoms with Crippen LogP contribution in [0.25, 0.3) is 0 Å². The monoisotopic (exact) mass is 435 g/mol. The molecular formula is C24H37NO6. The van der Waals surface area contributed by atoms with Gasteiger partial charge in [0.05, 0.1) is 0 Å². The van der Waals surface area contributed by atoms with Crippen molar-refractivity contribution >= 4 is 17.7 Å². The molecule has 0 heterocycles. The molecule has 0 aromatic carbocycles. The van der Waals surface area contributed by atoms with Crippen LogP contribution >= 0.6 is 0 Å². The number of likely N-dealkylation sites (N-methyl/N-ethyl adjacent to an activating group) is 1. The molecule has 3 saturated carbocycles. The van der Waals surface area contributed by atoms with Gasteiger partial charge in [-0.2, -0.15) is 0 Å². The Bertz CT molecular complexity index is 746. The van der Waals surface area contributed by atoms with Crippen molar-refractivity contribution in [2.75, 3.05) is 27.2 Å². The second-order valence-corrected chi connectivity index (χ2v) is 10.0. The van der Waals surface area contributed by atoms with Crippen molar-refractivity contribution in [3.8, 4) is 0 Å². The summed E-state index contributed by atoms with van der Waals surface area (Å²) in [5.74, 6) is -1.46. The molecule has 1 N–H and O–H groups in total. The van der Waals surface area contributed by atoms with E-state index in [4.69, 9.17) is 9.47 Å². The van der Waals surface area contributed by atoms with E-state index in [1.54, 1.807) is 6.08 Å². The SMILES string of the molecule is CC(=O)O[C@@]1(C)CCC[C@@H]2[C@@H]3CC/C(=C\C(=O)OCCN(C)C)[C@H](C)[C@@H]3C(=O)[C@H](O)[C@H]21. The van der Waals surface area contributed by atoms with Crippen molar-refractivity contribution in [1.82, 2.24) is 4.90 Å². The van der Waals surface area contributed by atoms with Crippen LogP contribution in [0.4, 0.5) is 0 Å². The normalized spacial score (nSPS) is 39.1. The number of esters is 2. The molecule has 0 aromatic heterocycles. The number of hydrogen-bond donors (Lipinski definition) is 1. The summed E-state index contributed by atoms with van der Waals surface area (Å²) in [4.78, 5) is 39.3. The number of carbonyl (C=O) groups excluding carboxylic acids is 3. The van der Waals surface area contributed by atoms with Gasteiger partial charge in [-0.3, -0.25) is 9.59 Å². The van der Waals surface area contributed by atoms with Crippen LogP contribution in [0.5, 0.6) is 0 Å². The second-order valence-electron chi connectivity index (χ2n) is 10.0. The van der Waals surface area contributed by atoms with E-state index >= 15 is 0 Å². The maximum Gasteiger partial charge on any atom is 0.330 e. The summed E-state index contributed by atoms with van der Waals surface area (Å²) >= 11 is 0. The maximum atomic E-state index is 13.3. The third-order valence-electron chi connectivity index (χ3n) is 7.70. The third-order valence-corrected chi connectivity index (χ3v) is 7.70. The largest absolute Gasteiger partial charge is 0.461 e. The van der Waals surface area contributed by atoms with Gasteiger partial charge in [-0.1, -0.05) is 12.5 Å². The summed E-state index contributed by atoms with van der Waals surface area (Å²) in [6.07, 6.45) is 4.42. The lowest BCUT2D eigenvalue weighted by Crippen LogP contribution is -2.62. The fourth-order valence-corrected chi connectivity index (χ4v) is 6.36. The van der Waals surface area contributed by atoms with Crippen LogP contribution in [-0.2, 0) is 23.9 Å². The number of nitrogens with zero attached hydrogens (tertiary/aromatic N) is 1. The van der Waals surface area contributed by atoms with Gasteiger partial charge in [0.1, 0.15) is 18.3 Å². The van der Waals surface area contributed by atoms with Crippen molar-refractivity contribution in [3.63, 3.8) is 0 Å². The molecule has 3 aliphatic rings.